The molecule has 0 saturated carbocycles. The SMILES string of the molecule is O=C(NCCn1c(C(=O)N2CCNCC2)c(-c2ccccc2)n(-c2cccc(OCCCO)c2)c1=O)c1ccccc1. The summed E-state index contributed by atoms with van der Waals surface area (Å²) in [4.78, 5) is 42.9. The van der Waals surface area contributed by atoms with Crippen molar-refractivity contribution in [2.45, 2.75) is 13.0 Å². The lowest BCUT2D eigenvalue weighted by atomic mass is 10.1. The molecule has 218 valence electrons. The Bertz CT molecular complexity index is 1560. The minimum Gasteiger partial charge on any atom is -0.493 e. The number of hydrogen-bond donors (Lipinski definition) is 3. The van der Waals surface area contributed by atoms with Crippen LogP contribution in [-0.4, -0.2) is 76.9 Å². The van der Waals surface area contributed by atoms with Gasteiger partial charge in [-0.2, -0.15) is 0 Å². The first kappa shape index (κ1) is 28.8. The highest BCUT2D eigenvalue weighted by molar-refractivity contribution is 5.99. The normalized spacial score (nSPS) is 13.1. The average molecular weight is 570 g/mol. The third-order valence-corrected chi connectivity index (χ3v) is 7.10. The first-order valence-corrected chi connectivity index (χ1v) is 14.2. The van der Waals surface area contributed by atoms with Crippen molar-refractivity contribution in [2.75, 3.05) is 45.9 Å². The number of aromatic nitrogens is 2. The Morgan fingerprint density at radius 3 is 2.36 bits per heavy atom. The highest BCUT2D eigenvalue weighted by Gasteiger charge is 2.30. The lowest BCUT2D eigenvalue weighted by Crippen LogP contribution is -2.47. The van der Waals surface area contributed by atoms with Crippen molar-refractivity contribution in [3.05, 3.63) is 107 Å². The van der Waals surface area contributed by atoms with Gasteiger partial charge in [0.1, 0.15) is 11.4 Å². The molecule has 3 aromatic carbocycles. The van der Waals surface area contributed by atoms with Crippen LogP contribution in [0, 0.1) is 0 Å². The van der Waals surface area contributed by atoms with Crippen molar-refractivity contribution in [3.8, 4) is 22.7 Å². The Balaban J connectivity index is 1.60. The van der Waals surface area contributed by atoms with Crippen molar-refractivity contribution in [2.24, 2.45) is 0 Å². The Kier molecular flexibility index (Phi) is 9.48. The van der Waals surface area contributed by atoms with Gasteiger partial charge in [0.05, 0.1) is 18.0 Å². The third-order valence-electron chi connectivity index (χ3n) is 7.10. The zero-order valence-electron chi connectivity index (χ0n) is 23.4. The standard InChI is InChI=1S/C32H35N5O5/c38-21-8-22-42-27-14-7-13-26(23-27)37-28(24-9-3-1-4-10-24)29(31(40)35-18-15-33-16-19-35)36(32(37)41)20-17-34-30(39)25-11-5-2-6-12-25/h1-7,9-14,23,33,38H,8,15-22H2,(H,34,39). The second kappa shape index (κ2) is 13.8. The number of carbonyl (C=O) groups excluding carboxylic acids is 2. The molecule has 4 aromatic rings. The van der Waals surface area contributed by atoms with Crippen LogP contribution in [0.25, 0.3) is 16.9 Å². The molecule has 1 aliphatic heterocycles. The highest BCUT2D eigenvalue weighted by atomic mass is 16.5. The van der Waals surface area contributed by atoms with Crippen molar-refractivity contribution >= 4 is 11.8 Å². The number of amides is 2. The zero-order valence-corrected chi connectivity index (χ0v) is 23.4. The van der Waals surface area contributed by atoms with Crippen LogP contribution in [0.2, 0.25) is 0 Å². The quantitative estimate of drug-likeness (QED) is 0.239. The van der Waals surface area contributed by atoms with Gasteiger partial charge in [-0.3, -0.25) is 18.7 Å². The van der Waals surface area contributed by atoms with Crippen molar-refractivity contribution in [1.29, 1.82) is 0 Å². The number of nitrogens with one attached hydrogen (secondary N) is 2. The fraction of sp³-hybridized carbons (Fsp3) is 0.281. The van der Waals surface area contributed by atoms with Crippen LogP contribution in [-0.2, 0) is 6.54 Å². The van der Waals surface area contributed by atoms with E-state index in [4.69, 9.17) is 9.84 Å². The second-order valence-electron chi connectivity index (χ2n) is 9.92. The van der Waals surface area contributed by atoms with Gasteiger partial charge in [0.15, 0.2) is 0 Å². The molecule has 5 rings (SSSR count). The molecule has 0 atom stereocenters. The largest absolute Gasteiger partial charge is 0.493 e. The smallest absolute Gasteiger partial charge is 0.333 e. The number of aliphatic hydroxyl groups excluding tert-OH is 1. The molecular weight excluding hydrogens is 534 g/mol. The number of hydrogen-bond acceptors (Lipinski definition) is 6. The first-order valence-electron chi connectivity index (χ1n) is 14.2. The summed E-state index contributed by atoms with van der Waals surface area (Å²) in [6.07, 6.45) is 0.480. The molecule has 0 radical (unpaired) electrons. The van der Waals surface area contributed by atoms with E-state index in [9.17, 15) is 14.4 Å². The average Bonchev–Trinajstić information content (AvgIpc) is 3.33. The number of carbonyl (C=O) groups is 2. The van der Waals surface area contributed by atoms with Gasteiger partial charge in [-0.05, 0) is 24.3 Å². The molecule has 1 saturated heterocycles. The molecular formula is C32H35N5O5. The Hall–Kier alpha value is -4.67. The molecule has 0 spiro atoms. The summed E-state index contributed by atoms with van der Waals surface area (Å²) in [6.45, 7) is 2.96. The van der Waals surface area contributed by atoms with E-state index in [0.717, 1.165) is 0 Å². The summed E-state index contributed by atoms with van der Waals surface area (Å²) < 4.78 is 8.81. The third kappa shape index (κ3) is 6.45. The zero-order chi connectivity index (χ0) is 29.3. The van der Waals surface area contributed by atoms with Crippen LogP contribution in [0.5, 0.6) is 5.75 Å². The number of piperazine rings is 1. The molecule has 0 bridgehead atoms. The van der Waals surface area contributed by atoms with Gasteiger partial charge < -0.3 is 25.4 Å². The summed E-state index contributed by atoms with van der Waals surface area (Å²) in [7, 11) is 0. The van der Waals surface area contributed by atoms with Gasteiger partial charge in [0, 0.05) is 69.5 Å². The molecule has 10 nitrogen and oxygen atoms in total. The fourth-order valence-electron chi connectivity index (χ4n) is 5.03. The van der Waals surface area contributed by atoms with E-state index >= 15 is 0 Å². The number of ether oxygens (including phenoxy) is 1. The minimum absolute atomic E-state index is 0.0124. The lowest BCUT2D eigenvalue weighted by Gasteiger charge is -2.28. The summed E-state index contributed by atoms with van der Waals surface area (Å²) >= 11 is 0. The molecule has 2 heterocycles. The van der Waals surface area contributed by atoms with Gasteiger partial charge in [-0.1, -0.05) is 54.6 Å². The van der Waals surface area contributed by atoms with Gasteiger partial charge >= 0.3 is 5.69 Å². The molecule has 0 unspecified atom stereocenters. The number of aliphatic hydroxyl groups is 1. The Morgan fingerprint density at radius 1 is 0.929 bits per heavy atom. The predicted octanol–water partition coefficient (Wildman–Crippen LogP) is 2.54. The van der Waals surface area contributed by atoms with Crippen LogP contribution in [0.4, 0.5) is 0 Å². The maximum atomic E-state index is 14.2. The molecule has 1 fully saturated rings. The van der Waals surface area contributed by atoms with Gasteiger partial charge in [0.2, 0.25) is 0 Å². The van der Waals surface area contributed by atoms with Gasteiger partial charge in [-0.25, -0.2) is 4.79 Å². The molecule has 1 aliphatic rings. The van der Waals surface area contributed by atoms with Gasteiger partial charge in [-0.15, -0.1) is 0 Å². The van der Waals surface area contributed by atoms with Crippen LogP contribution in [0.3, 0.4) is 0 Å². The number of rotatable bonds is 11. The lowest BCUT2D eigenvalue weighted by molar-refractivity contribution is 0.0725. The Labute approximate surface area is 244 Å². The number of imidazole rings is 1. The van der Waals surface area contributed by atoms with E-state index in [1.807, 2.05) is 36.4 Å². The molecule has 10 heteroatoms. The molecule has 3 N–H and O–H groups in total. The maximum Gasteiger partial charge on any atom is 0.333 e. The highest BCUT2D eigenvalue weighted by Crippen LogP contribution is 2.29. The first-order chi connectivity index (χ1) is 20.6. The van der Waals surface area contributed by atoms with Crippen LogP contribution >= 0.6 is 0 Å². The topological polar surface area (TPSA) is 118 Å². The van der Waals surface area contributed by atoms with Gasteiger partial charge in [0.25, 0.3) is 11.8 Å². The van der Waals surface area contributed by atoms with E-state index in [1.54, 1.807) is 58.0 Å². The Morgan fingerprint density at radius 2 is 1.64 bits per heavy atom. The fourth-order valence-corrected chi connectivity index (χ4v) is 5.03. The maximum absolute atomic E-state index is 14.2. The van der Waals surface area contributed by atoms with Crippen molar-refractivity contribution < 1.29 is 19.4 Å². The molecule has 2 amide bonds. The second-order valence-corrected chi connectivity index (χ2v) is 9.92. The number of benzene rings is 3. The van der Waals surface area contributed by atoms with E-state index < -0.39 is 5.69 Å². The molecule has 42 heavy (non-hydrogen) atoms. The van der Waals surface area contributed by atoms with Crippen molar-refractivity contribution in [3.63, 3.8) is 0 Å². The monoisotopic (exact) mass is 569 g/mol. The molecule has 1 aromatic heterocycles. The number of nitrogens with zero attached hydrogens (tertiary/aromatic N) is 3. The van der Waals surface area contributed by atoms with E-state index in [0.29, 0.717) is 67.5 Å². The summed E-state index contributed by atoms with van der Waals surface area (Å²) in [6, 6.07) is 25.4. The molecule has 0 aliphatic carbocycles. The predicted molar refractivity (Wildman–Crippen MR) is 160 cm³/mol. The van der Waals surface area contributed by atoms with Crippen LogP contribution < -0.4 is 21.1 Å². The minimum atomic E-state index is -0.395. The van der Waals surface area contributed by atoms with E-state index in [-0.39, 0.29) is 37.2 Å². The summed E-state index contributed by atoms with van der Waals surface area (Å²) in [5, 5.41) is 15.3. The van der Waals surface area contributed by atoms with E-state index in [2.05, 4.69) is 10.6 Å². The summed E-state index contributed by atoms with van der Waals surface area (Å²) in [5.74, 6) is 0.0507. The summed E-state index contributed by atoms with van der Waals surface area (Å²) in [5.41, 5.74) is 2.13. The van der Waals surface area contributed by atoms with Crippen LogP contribution in [0.1, 0.15) is 27.3 Å². The van der Waals surface area contributed by atoms with Crippen molar-refractivity contribution in [1.82, 2.24) is 24.7 Å². The van der Waals surface area contributed by atoms with Crippen LogP contribution in [0.15, 0.2) is 89.7 Å². The van der Waals surface area contributed by atoms with E-state index in [1.165, 1.54) is 4.57 Å².